The second-order valence-corrected chi connectivity index (χ2v) is 8.40. The molecule has 128 valence electrons. The Kier molecular flexibility index (Phi) is 3.70. The van der Waals surface area contributed by atoms with Crippen LogP contribution in [0, 0.1) is 11.8 Å². The average molecular weight is 348 g/mol. The van der Waals surface area contributed by atoms with Gasteiger partial charge >= 0.3 is 15.6 Å². The number of hydrogen-bond donors (Lipinski definition) is 0. The largest absolute Gasteiger partial charge is 0.534 e. The maximum Gasteiger partial charge on any atom is 0.534 e. The van der Waals surface area contributed by atoms with E-state index in [0.29, 0.717) is 11.8 Å². The Morgan fingerprint density at radius 2 is 2.00 bits per heavy atom. The van der Waals surface area contributed by atoms with Crippen molar-refractivity contribution in [1.82, 2.24) is 0 Å². The highest BCUT2D eigenvalue weighted by atomic mass is 32.2. The predicted octanol–water partition coefficient (Wildman–Crippen LogP) is 4.17. The molecule has 7 heteroatoms. The zero-order valence-corrected chi connectivity index (χ0v) is 13.8. The lowest BCUT2D eigenvalue weighted by Gasteiger charge is -2.50. The first-order chi connectivity index (χ1) is 10.5. The molecule has 2 bridgehead atoms. The van der Waals surface area contributed by atoms with E-state index in [1.165, 1.54) is 12.1 Å². The van der Waals surface area contributed by atoms with Gasteiger partial charge in [-0.2, -0.15) is 21.6 Å². The SMILES string of the molecule is C[C@H]1[C@@H]2CCC[C@]1(C)c1cc(OS(=O)(=O)C(F)(F)F)ccc1C2. The van der Waals surface area contributed by atoms with E-state index < -0.39 is 15.6 Å². The van der Waals surface area contributed by atoms with Crippen molar-refractivity contribution in [3.8, 4) is 5.75 Å². The lowest BCUT2D eigenvalue weighted by atomic mass is 9.55. The van der Waals surface area contributed by atoms with Crippen molar-refractivity contribution >= 4 is 10.1 Å². The fourth-order valence-electron chi connectivity index (χ4n) is 4.16. The minimum Gasteiger partial charge on any atom is -0.376 e. The molecule has 3 atom stereocenters. The Hall–Kier alpha value is -1.24. The molecular formula is C16H19F3O3S. The topological polar surface area (TPSA) is 43.4 Å². The summed E-state index contributed by atoms with van der Waals surface area (Å²) in [6.07, 6.45) is 4.08. The molecule has 1 saturated carbocycles. The number of halogens is 3. The number of fused-ring (bicyclic) bond motifs is 4. The third kappa shape index (κ3) is 2.62. The molecule has 23 heavy (non-hydrogen) atoms. The van der Waals surface area contributed by atoms with Crippen LogP contribution in [0.2, 0.25) is 0 Å². The minimum absolute atomic E-state index is 0.141. The Labute approximate surface area is 134 Å². The Morgan fingerprint density at radius 1 is 1.30 bits per heavy atom. The fraction of sp³-hybridized carbons (Fsp3) is 0.625. The first-order valence-electron chi connectivity index (χ1n) is 7.69. The van der Waals surface area contributed by atoms with Gasteiger partial charge in [-0.1, -0.05) is 26.3 Å². The van der Waals surface area contributed by atoms with Crippen molar-refractivity contribution < 1.29 is 25.8 Å². The van der Waals surface area contributed by atoms with Crippen LogP contribution < -0.4 is 4.18 Å². The van der Waals surface area contributed by atoms with E-state index in [1.54, 1.807) is 6.07 Å². The van der Waals surface area contributed by atoms with Crippen LogP contribution in [0.3, 0.4) is 0 Å². The smallest absolute Gasteiger partial charge is 0.376 e. The molecule has 0 saturated heterocycles. The molecule has 2 aliphatic carbocycles. The highest BCUT2D eigenvalue weighted by Crippen LogP contribution is 2.52. The molecule has 0 N–H and O–H groups in total. The molecule has 0 radical (unpaired) electrons. The van der Waals surface area contributed by atoms with Crippen molar-refractivity contribution in [1.29, 1.82) is 0 Å². The van der Waals surface area contributed by atoms with E-state index in [-0.39, 0.29) is 11.2 Å². The number of benzene rings is 1. The highest BCUT2D eigenvalue weighted by molar-refractivity contribution is 7.88. The molecule has 2 aliphatic rings. The van der Waals surface area contributed by atoms with Crippen molar-refractivity contribution in [2.24, 2.45) is 11.8 Å². The van der Waals surface area contributed by atoms with E-state index in [1.807, 2.05) is 0 Å². The standard InChI is InChI=1S/C16H19F3O3S/c1-10-11-4-3-7-15(10,2)14-9-13(6-5-12(14)8-11)22-23(20,21)16(17,18)19/h5-6,9-11H,3-4,7-8H2,1-2H3/t10-,11+,15-/m0/s1. The molecule has 1 aromatic rings. The summed E-state index contributed by atoms with van der Waals surface area (Å²) in [5.74, 6) is 0.726. The van der Waals surface area contributed by atoms with E-state index in [2.05, 4.69) is 18.0 Å². The number of alkyl halides is 3. The molecule has 1 fully saturated rings. The van der Waals surface area contributed by atoms with Gasteiger partial charge in [-0.3, -0.25) is 0 Å². The maximum absolute atomic E-state index is 12.5. The van der Waals surface area contributed by atoms with Gasteiger partial charge in [0.1, 0.15) is 5.75 Å². The molecule has 0 unspecified atom stereocenters. The highest BCUT2D eigenvalue weighted by Gasteiger charge is 2.49. The Bertz CT molecular complexity index is 727. The van der Waals surface area contributed by atoms with Crippen LogP contribution >= 0.6 is 0 Å². The number of hydrogen-bond acceptors (Lipinski definition) is 3. The molecule has 1 aromatic carbocycles. The number of rotatable bonds is 2. The maximum atomic E-state index is 12.5. The first-order valence-corrected chi connectivity index (χ1v) is 9.09. The van der Waals surface area contributed by atoms with Gasteiger partial charge in [0, 0.05) is 0 Å². The van der Waals surface area contributed by atoms with Crippen molar-refractivity contribution in [3.63, 3.8) is 0 Å². The van der Waals surface area contributed by atoms with Gasteiger partial charge in [0.2, 0.25) is 0 Å². The van der Waals surface area contributed by atoms with Gasteiger partial charge in [0.25, 0.3) is 0 Å². The van der Waals surface area contributed by atoms with Crippen LogP contribution in [-0.2, 0) is 22.0 Å². The van der Waals surface area contributed by atoms with Crippen LogP contribution in [0.1, 0.15) is 44.2 Å². The monoisotopic (exact) mass is 348 g/mol. The molecule has 0 amide bonds. The second kappa shape index (κ2) is 5.13. The van der Waals surface area contributed by atoms with Crippen molar-refractivity contribution in [2.75, 3.05) is 0 Å². The second-order valence-electron chi connectivity index (χ2n) is 6.86. The summed E-state index contributed by atoms with van der Waals surface area (Å²) in [6.45, 7) is 4.29. The lowest BCUT2D eigenvalue weighted by molar-refractivity contribution is -0.0500. The van der Waals surface area contributed by atoms with Gasteiger partial charge in [-0.25, -0.2) is 0 Å². The van der Waals surface area contributed by atoms with Crippen LogP contribution in [0.4, 0.5) is 13.2 Å². The molecule has 0 aromatic heterocycles. The van der Waals surface area contributed by atoms with Crippen molar-refractivity contribution in [3.05, 3.63) is 29.3 Å². The van der Waals surface area contributed by atoms with Crippen LogP contribution in [0.5, 0.6) is 5.75 Å². The van der Waals surface area contributed by atoms with Crippen LogP contribution in [0.15, 0.2) is 18.2 Å². The normalized spacial score (nSPS) is 30.7. The first kappa shape index (κ1) is 16.6. The zero-order valence-electron chi connectivity index (χ0n) is 13.0. The quantitative estimate of drug-likeness (QED) is 0.595. The van der Waals surface area contributed by atoms with E-state index in [9.17, 15) is 21.6 Å². The van der Waals surface area contributed by atoms with Gasteiger partial charge in [-0.05, 0) is 59.8 Å². The fourth-order valence-corrected chi connectivity index (χ4v) is 4.61. The summed E-state index contributed by atoms with van der Waals surface area (Å²) < 4.78 is 64.2. The van der Waals surface area contributed by atoms with E-state index in [0.717, 1.165) is 36.8 Å². The zero-order chi connectivity index (χ0) is 17.0. The van der Waals surface area contributed by atoms with Crippen molar-refractivity contribution in [2.45, 2.75) is 50.5 Å². The third-order valence-corrected chi connectivity index (χ3v) is 6.63. The minimum atomic E-state index is -5.63. The van der Waals surface area contributed by atoms with Gasteiger partial charge < -0.3 is 4.18 Å². The van der Waals surface area contributed by atoms with Gasteiger partial charge in [0.05, 0.1) is 0 Å². The van der Waals surface area contributed by atoms with Crippen LogP contribution in [0.25, 0.3) is 0 Å². The van der Waals surface area contributed by atoms with Crippen LogP contribution in [-0.4, -0.2) is 13.9 Å². The van der Waals surface area contributed by atoms with E-state index in [4.69, 9.17) is 0 Å². The third-order valence-electron chi connectivity index (χ3n) is 5.65. The summed E-state index contributed by atoms with van der Waals surface area (Å²) in [4.78, 5) is 0. The molecule has 3 rings (SSSR count). The molecule has 3 nitrogen and oxygen atoms in total. The van der Waals surface area contributed by atoms with Gasteiger partial charge in [0.15, 0.2) is 0 Å². The summed E-state index contributed by atoms with van der Waals surface area (Å²) >= 11 is 0. The van der Waals surface area contributed by atoms with Gasteiger partial charge in [-0.15, -0.1) is 0 Å². The molecule has 0 aliphatic heterocycles. The average Bonchev–Trinajstić information content (AvgIpc) is 2.42. The molecule has 0 heterocycles. The lowest BCUT2D eigenvalue weighted by Crippen LogP contribution is -2.44. The summed E-state index contributed by atoms with van der Waals surface area (Å²) in [7, 11) is -5.63. The Balaban J connectivity index is 2.00. The summed E-state index contributed by atoms with van der Waals surface area (Å²) in [5.41, 5.74) is -3.55. The predicted molar refractivity (Wildman–Crippen MR) is 79.6 cm³/mol. The molecule has 0 spiro atoms. The summed E-state index contributed by atoms with van der Waals surface area (Å²) in [5, 5.41) is 0. The summed E-state index contributed by atoms with van der Waals surface area (Å²) in [6, 6.07) is 4.51. The molecular weight excluding hydrogens is 329 g/mol. The van der Waals surface area contributed by atoms with E-state index >= 15 is 0 Å². The Morgan fingerprint density at radius 3 is 2.65 bits per heavy atom.